The first-order chi connectivity index (χ1) is 13.3. The summed E-state index contributed by atoms with van der Waals surface area (Å²) in [5.41, 5.74) is 2.58. The number of ether oxygens (including phenoxy) is 1. The molecule has 28 heavy (non-hydrogen) atoms. The third kappa shape index (κ3) is 2.13. The molecule has 0 saturated heterocycles. The van der Waals surface area contributed by atoms with Crippen LogP contribution < -0.4 is 5.56 Å². The lowest BCUT2D eigenvalue weighted by Gasteiger charge is -2.31. The molecule has 2 aliphatic rings. The van der Waals surface area contributed by atoms with Crippen LogP contribution in [0.5, 0.6) is 0 Å². The van der Waals surface area contributed by atoms with E-state index in [0.29, 0.717) is 29.1 Å². The molecule has 0 aliphatic carbocycles. The number of carbonyl (C=O) groups excluding carboxylic acids is 1. The minimum atomic E-state index is -1.82. The lowest BCUT2D eigenvalue weighted by atomic mass is 9.86. The lowest BCUT2D eigenvalue weighted by Crippen LogP contribution is -2.44. The monoisotopic (exact) mass is 441 g/mol. The van der Waals surface area contributed by atoms with Gasteiger partial charge >= 0.3 is 5.97 Å². The second kappa shape index (κ2) is 5.71. The van der Waals surface area contributed by atoms with Gasteiger partial charge in [0.25, 0.3) is 5.56 Å². The number of hydrogen-bond donors (Lipinski definition) is 1. The van der Waals surface area contributed by atoms with Crippen LogP contribution in [0.1, 0.15) is 35.6 Å². The number of nitrogens with zero attached hydrogens (tertiary/aromatic N) is 3. The van der Waals surface area contributed by atoms with Gasteiger partial charge in [-0.25, -0.2) is 14.8 Å². The molecule has 5 rings (SSSR count). The molecule has 0 aromatic carbocycles. The Hall–Kier alpha value is -2.58. The Morgan fingerprint density at radius 1 is 1.32 bits per heavy atom. The molecular weight excluding hydrogens is 426 g/mol. The van der Waals surface area contributed by atoms with Crippen LogP contribution in [0.15, 0.2) is 27.7 Å². The van der Waals surface area contributed by atoms with Crippen molar-refractivity contribution in [3.8, 4) is 11.4 Å². The van der Waals surface area contributed by atoms with Crippen molar-refractivity contribution in [1.82, 2.24) is 14.5 Å². The molecule has 2 aliphatic heterocycles. The first kappa shape index (κ1) is 17.5. The fourth-order valence-corrected chi connectivity index (χ4v) is 4.49. The van der Waals surface area contributed by atoms with Crippen molar-refractivity contribution >= 4 is 32.8 Å². The van der Waals surface area contributed by atoms with Gasteiger partial charge in [-0.05, 0) is 47.0 Å². The minimum absolute atomic E-state index is 0.122. The second-order valence-corrected chi connectivity index (χ2v) is 8.00. The fourth-order valence-electron chi connectivity index (χ4n) is 4.16. The molecule has 0 saturated carbocycles. The maximum Gasteiger partial charge on any atom is 0.343 e. The summed E-state index contributed by atoms with van der Waals surface area (Å²) in [5, 5.41) is 11.9. The highest BCUT2D eigenvalue weighted by Crippen LogP contribution is 2.39. The standard InChI is InChI=1S/C20H16BrN3O4/c1-3-20(27)13-5-15-17-11(7-24(15)18(25)12(13)8-28-19(20)26)9(2)10-4-16(21)22-6-14(10)23-17/h4-6,27H,3,7-8H2,1-2H3/t20-/m0/s1. The topological polar surface area (TPSA) is 94.3 Å². The summed E-state index contributed by atoms with van der Waals surface area (Å²) in [6.07, 6.45) is 1.81. The van der Waals surface area contributed by atoms with E-state index in [1.165, 1.54) is 0 Å². The lowest BCUT2D eigenvalue weighted by molar-refractivity contribution is -0.172. The van der Waals surface area contributed by atoms with E-state index in [2.05, 4.69) is 20.9 Å². The Morgan fingerprint density at radius 3 is 2.86 bits per heavy atom. The predicted molar refractivity (Wildman–Crippen MR) is 105 cm³/mol. The normalized spacial score (nSPS) is 19.9. The van der Waals surface area contributed by atoms with Gasteiger partial charge < -0.3 is 14.4 Å². The maximum atomic E-state index is 13.2. The first-order valence-corrected chi connectivity index (χ1v) is 9.76. The van der Waals surface area contributed by atoms with Gasteiger partial charge in [-0.2, -0.15) is 0 Å². The number of carbonyl (C=O) groups is 1. The van der Waals surface area contributed by atoms with Crippen molar-refractivity contribution in [3.05, 3.63) is 55.5 Å². The Labute approximate surface area is 168 Å². The molecule has 3 aromatic rings. The summed E-state index contributed by atoms with van der Waals surface area (Å²) in [5.74, 6) is -0.721. The maximum absolute atomic E-state index is 13.2. The Kier molecular flexibility index (Phi) is 3.57. The average Bonchev–Trinajstić information content (AvgIpc) is 3.05. The Balaban J connectivity index is 1.83. The first-order valence-electron chi connectivity index (χ1n) is 8.97. The summed E-state index contributed by atoms with van der Waals surface area (Å²) in [7, 11) is 0. The van der Waals surface area contributed by atoms with Gasteiger partial charge in [-0.1, -0.05) is 6.92 Å². The number of cyclic esters (lactones) is 1. The molecule has 0 bridgehead atoms. The highest BCUT2D eigenvalue weighted by Gasteiger charge is 2.45. The van der Waals surface area contributed by atoms with Crippen molar-refractivity contribution in [2.75, 3.05) is 0 Å². The molecule has 3 aromatic heterocycles. The number of fused-ring (bicyclic) bond motifs is 5. The molecule has 1 atom stereocenters. The van der Waals surface area contributed by atoms with Crippen molar-refractivity contribution in [2.24, 2.45) is 0 Å². The van der Waals surface area contributed by atoms with Crippen molar-refractivity contribution < 1.29 is 14.6 Å². The van der Waals surface area contributed by atoms with E-state index in [4.69, 9.17) is 9.72 Å². The largest absolute Gasteiger partial charge is 0.458 e. The number of halogens is 1. The number of esters is 1. The Morgan fingerprint density at radius 2 is 2.11 bits per heavy atom. The van der Waals surface area contributed by atoms with E-state index in [1.807, 2.05) is 13.0 Å². The van der Waals surface area contributed by atoms with Crippen LogP contribution in [0.4, 0.5) is 0 Å². The van der Waals surface area contributed by atoms with Gasteiger partial charge in [0.05, 0.1) is 35.2 Å². The third-order valence-electron chi connectivity index (χ3n) is 5.83. The average molecular weight is 442 g/mol. The van der Waals surface area contributed by atoms with Crippen LogP contribution in [-0.2, 0) is 28.3 Å². The molecule has 142 valence electrons. The fraction of sp³-hybridized carbons (Fsp3) is 0.300. The molecule has 0 amide bonds. The zero-order chi connectivity index (χ0) is 19.8. The molecule has 8 heteroatoms. The van der Waals surface area contributed by atoms with Gasteiger partial charge in [0, 0.05) is 16.5 Å². The summed E-state index contributed by atoms with van der Waals surface area (Å²) in [6.45, 7) is 3.96. The van der Waals surface area contributed by atoms with Gasteiger partial charge in [0.1, 0.15) is 11.2 Å². The smallest absolute Gasteiger partial charge is 0.343 e. The predicted octanol–water partition coefficient (Wildman–Crippen LogP) is 2.55. The minimum Gasteiger partial charge on any atom is -0.458 e. The highest BCUT2D eigenvalue weighted by atomic mass is 79.9. The van der Waals surface area contributed by atoms with Gasteiger partial charge in [-0.15, -0.1) is 0 Å². The van der Waals surface area contributed by atoms with Gasteiger partial charge in [0.2, 0.25) is 0 Å². The SMILES string of the molecule is CC[C@@]1(O)C(=O)OCc2c1cc1n(c2=O)Cc2c-1nc1cnc(Br)cc1c2C. The second-order valence-electron chi connectivity index (χ2n) is 7.19. The molecule has 0 unspecified atom stereocenters. The number of hydrogen-bond acceptors (Lipinski definition) is 6. The van der Waals surface area contributed by atoms with E-state index in [9.17, 15) is 14.7 Å². The van der Waals surface area contributed by atoms with E-state index in [1.54, 1.807) is 23.8 Å². The van der Waals surface area contributed by atoms with Gasteiger partial charge in [-0.3, -0.25) is 4.79 Å². The molecule has 0 radical (unpaired) electrons. The summed E-state index contributed by atoms with van der Waals surface area (Å²) in [4.78, 5) is 34.4. The number of pyridine rings is 3. The summed E-state index contributed by atoms with van der Waals surface area (Å²) in [6, 6.07) is 3.63. The molecule has 1 N–H and O–H groups in total. The van der Waals surface area contributed by atoms with Crippen LogP contribution in [0.3, 0.4) is 0 Å². The zero-order valence-electron chi connectivity index (χ0n) is 15.2. The van der Waals surface area contributed by atoms with Crippen LogP contribution in [0.25, 0.3) is 22.3 Å². The summed E-state index contributed by atoms with van der Waals surface area (Å²) < 4.78 is 7.46. The molecular formula is C20H16BrN3O4. The number of aliphatic hydroxyl groups is 1. The van der Waals surface area contributed by atoms with E-state index >= 15 is 0 Å². The van der Waals surface area contributed by atoms with Crippen LogP contribution in [-0.4, -0.2) is 25.6 Å². The highest BCUT2D eigenvalue weighted by molar-refractivity contribution is 9.10. The van der Waals surface area contributed by atoms with Crippen LogP contribution in [0, 0.1) is 6.92 Å². The van der Waals surface area contributed by atoms with E-state index in [-0.39, 0.29) is 18.6 Å². The van der Waals surface area contributed by atoms with Crippen LogP contribution in [0.2, 0.25) is 0 Å². The van der Waals surface area contributed by atoms with E-state index < -0.39 is 11.6 Å². The van der Waals surface area contributed by atoms with E-state index in [0.717, 1.165) is 26.6 Å². The van der Waals surface area contributed by atoms with Crippen LogP contribution >= 0.6 is 15.9 Å². The number of aromatic nitrogens is 3. The molecule has 7 nitrogen and oxygen atoms in total. The molecule has 5 heterocycles. The van der Waals surface area contributed by atoms with Crippen molar-refractivity contribution in [2.45, 2.75) is 39.0 Å². The molecule has 0 spiro atoms. The molecule has 0 fully saturated rings. The van der Waals surface area contributed by atoms with Crippen molar-refractivity contribution in [3.63, 3.8) is 0 Å². The van der Waals surface area contributed by atoms with Crippen molar-refractivity contribution in [1.29, 1.82) is 0 Å². The quantitative estimate of drug-likeness (QED) is 0.360. The Bertz CT molecular complexity index is 1270. The number of aryl methyl sites for hydroxylation is 1. The van der Waals surface area contributed by atoms with Gasteiger partial charge in [0.15, 0.2) is 5.60 Å². The summed E-state index contributed by atoms with van der Waals surface area (Å²) >= 11 is 3.39. The third-order valence-corrected chi connectivity index (χ3v) is 6.26. The number of rotatable bonds is 1. The zero-order valence-corrected chi connectivity index (χ0v) is 16.8.